The number of ether oxygens (including phenoxy) is 3. The number of nitrogens with one attached hydrogen (secondary N) is 2. The molecule has 2 aliphatic rings. The third-order valence-electron chi connectivity index (χ3n) is 7.01. The van der Waals surface area contributed by atoms with Gasteiger partial charge in [0.25, 0.3) is 0 Å². The molecule has 38 heavy (non-hydrogen) atoms. The third-order valence-corrected chi connectivity index (χ3v) is 8.04. The summed E-state index contributed by atoms with van der Waals surface area (Å²) in [4.78, 5) is 15.3. The highest BCUT2D eigenvalue weighted by molar-refractivity contribution is 8.08. The number of pyridine rings is 1. The number of aryl methyl sites for hydroxylation is 2. The maximum atomic E-state index is 15.3. The van der Waals surface area contributed by atoms with E-state index in [9.17, 15) is 0 Å². The average Bonchev–Trinajstić information content (AvgIpc) is 3.30. The molecule has 2 aromatic rings. The summed E-state index contributed by atoms with van der Waals surface area (Å²) in [7, 11) is 1.64. The predicted molar refractivity (Wildman–Crippen MR) is 150 cm³/mol. The van der Waals surface area contributed by atoms with E-state index in [4.69, 9.17) is 24.9 Å². The van der Waals surface area contributed by atoms with E-state index in [2.05, 4.69) is 27.2 Å². The molecule has 0 aromatic carbocycles. The second-order valence-corrected chi connectivity index (χ2v) is 12.0. The van der Waals surface area contributed by atoms with Crippen molar-refractivity contribution in [1.82, 2.24) is 15.0 Å². The molecule has 4 atom stereocenters. The van der Waals surface area contributed by atoms with Crippen molar-refractivity contribution in [2.75, 3.05) is 36.6 Å². The minimum Gasteiger partial charge on any atom is -0.396 e. The molecule has 0 spiro atoms. The molecule has 11 heteroatoms. The van der Waals surface area contributed by atoms with Gasteiger partial charge in [0.05, 0.1) is 41.4 Å². The first kappa shape index (κ1) is 28.5. The van der Waals surface area contributed by atoms with Gasteiger partial charge in [0.2, 0.25) is 5.95 Å². The molecule has 4 N–H and O–H groups in total. The van der Waals surface area contributed by atoms with Crippen molar-refractivity contribution in [1.29, 1.82) is 0 Å². The van der Waals surface area contributed by atoms with Crippen molar-refractivity contribution in [2.45, 2.75) is 82.6 Å². The molecule has 0 amide bonds. The van der Waals surface area contributed by atoms with Gasteiger partial charge in [-0.2, -0.15) is 4.98 Å². The quantitative estimate of drug-likeness (QED) is 0.279. The number of fused-ring (bicyclic) bond motifs is 1. The Morgan fingerprint density at radius 1 is 1.26 bits per heavy atom. The molecule has 0 bridgehead atoms. The summed E-state index contributed by atoms with van der Waals surface area (Å²) >= 11 is 1.44. The first-order chi connectivity index (χ1) is 17.8. The number of rotatable bonds is 10. The molecule has 1 aliphatic carbocycles. The van der Waals surface area contributed by atoms with Crippen molar-refractivity contribution < 1.29 is 18.6 Å². The van der Waals surface area contributed by atoms with Crippen molar-refractivity contribution >= 4 is 34.1 Å². The van der Waals surface area contributed by atoms with Crippen LogP contribution in [0.2, 0.25) is 0 Å². The number of aromatic nitrogens is 3. The number of nitrogens with zero attached hydrogens (tertiary/aromatic N) is 3. The van der Waals surface area contributed by atoms with Crippen LogP contribution in [0.25, 0.3) is 4.91 Å². The molecule has 0 radical (unpaired) electrons. The highest BCUT2D eigenvalue weighted by Gasteiger charge is 2.58. The standard InChI is InChI=1S/C27H39FN6O3S/c1-14-20(16(3)38-19-9-10-30-15(2)21(19)29)24(34-25(32-14)31-11-12-35-8)33-18-13-17(26(4,5)28)22-23(18)37-27(6,7)36-22/h9-10,17-18,22-23H,3,11-13,29H2,1-2,4-8H3,(H2,31,32,33,34)/t17-,18+,22+,23-/m0/s1. The summed E-state index contributed by atoms with van der Waals surface area (Å²) < 4.78 is 32.9. The van der Waals surface area contributed by atoms with Crippen LogP contribution >= 0.6 is 11.8 Å². The number of hydrogen-bond donors (Lipinski definition) is 3. The Bertz CT molecular complexity index is 1190. The van der Waals surface area contributed by atoms with Gasteiger partial charge in [0.1, 0.15) is 17.6 Å². The summed E-state index contributed by atoms with van der Waals surface area (Å²) in [5.74, 6) is -0.0842. The number of anilines is 3. The average molecular weight is 547 g/mol. The lowest BCUT2D eigenvalue weighted by molar-refractivity contribution is -0.162. The van der Waals surface area contributed by atoms with Crippen LogP contribution in [0.5, 0.6) is 0 Å². The predicted octanol–water partition coefficient (Wildman–Crippen LogP) is 4.96. The van der Waals surface area contributed by atoms with Crippen LogP contribution < -0.4 is 16.4 Å². The van der Waals surface area contributed by atoms with Crippen LogP contribution in [0.3, 0.4) is 0 Å². The monoisotopic (exact) mass is 546 g/mol. The number of methoxy groups -OCH3 is 1. The highest BCUT2D eigenvalue weighted by atomic mass is 32.2. The van der Waals surface area contributed by atoms with Crippen LogP contribution in [-0.2, 0) is 14.2 Å². The summed E-state index contributed by atoms with van der Waals surface area (Å²) in [6, 6.07) is 1.64. The Balaban J connectivity index is 1.69. The highest BCUT2D eigenvalue weighted by Crippen LogP contribution is 2.48. The fraction of sp³-hybridized carbons (Fsp3) is 0.593. The minimum absolute atomic E-state index is 0.229. The van der Waals surface area contributed by atoms with Crippen molar-refractivity contribution in [3.05, 3.63) is 35.8 Å². The lowest BCUT2D eigenvalue weighted by atomic mass is 9.89. The van der Waals surface area contributed by atoms with Gasteiger partial charge < -0.3 is 30.6 Å². The van der Waals surface area contributed by atoms with Crippen molar-refractivity contribution in [3.63, 3.8) is 0 Å². The number of halogens is 1. The maximum absolute atomic E-state index is 15.3. The summed E-state index contributed by atoms with van der Waals surface area (Å²) in [5.41, 5.74) is 7.72. The summed E-state index contributed by atoms with van der Waals surface area (Å²) in [6.07, 6.45) is 1.55. The second-order valence-electron chi connectivity index (χ2n) is 10.8. The summed E-state index contributed by atoms with van der Waals surface area (Å²) in [5, 5.41) is 6.78. The van der Waals surface area contributed by atoms with E-state index in [0.717, 1.165) is 26.8 Å². The SMILES string of the molecule is C=C(Sc1ccnc(C)c1N)c1c(C)nc(NCCOC)nc1N[C@@H]1C[C@H](C(C)(C)F)[C@H]2OC(C)(C)O[C@H]21. The summed E-state index contributed by atoms with van der Waals surface area (Å²) in [6.45, 7) is 16.1. The van der Waals surface area contributed by atoms with E-state index in [1.54, 1.807) is 27.2 Å². The Labute approximate surface area is 228 Å². The molecule has 2 aromatic heterocycles. The zero-order valence-corrected chi connectivity index (χ0v) is 24.0. The van der Waals surface area contributed by atoms with E-state index in [1.807, 2.05) is 33.8 Å². The fourth-order valence-corrected chi connectivity index (χ4v) is 6.15. The Morgan fingerprint density at radius 2 is 1.97 bits per heavy atom. The van der Waals surface area contributed by atoms with E-state index >= 15 is 4.39 Å². The van der Waals surface area contributed by atoms with Gasteiger partial charge in [-0.1, -0.05) is 18.3 Å². The van der Waals surface area contributed by atoms with Gasteiger partial charge in [-0.25, -0.2) is 9.37 Å². The molecule has 0 unspecified atom stereocenters. The number of nitrogens with two attached hydrogens (primary N) is 1. The molecule has 1 saturated heterocycles. The number of thioether (sulfide) groups is 1. The minimum atomic E-state index is -1.43. The van der Waals surface area contributed by atoms with E-state index in [-0.39, 0.29) is 24.2 Å². The maximum Gasteiger partial charge on any atom is 0.224 e. The lowest BCUT2D eigenvalue weighted by Crippen LogP contribution is -2.36. The van der Waals surface area contributed by atoms with Gasteiger partial charge in [-0.15, -0.1) is 0 Å². The molecule has 2 fully saturated rings. The Morgan fingerprint density at radius 3 is 2.66 bits per heavy atom. The van der Waals surface area contributed by atoms with Gasteiger partial charge in [0, 0.05) is 35.6 Å². The van der Waals surface area contributed by atoms with Crippen molar-refractivity contribution in [2.24, 2.45) is 5.92 Å². The Hall–Kier alpha value is -2.47. The lowest BCUT2D eigenvalue weighted by Gasteiger charge is -2.29. The largest absolute Gasteiger partial charge is 0.396 e. The van der Waals surface area contributed by atoms with Crippen LogP contribution in [0.4, 0.5) is 21.8 Å². The van der Waals surface area contributed by atoms with Crippen molar-refractivity contribution in [3.8, 4) is 0 Å². The molecular formula is C27H39FN6O3S. The van der Waals surface area contributed by atoms with Crippen LogP contribution in [-0.4, -0.2) is 64.9 Å². The van der Waals surface area contributed by atoms with Crippen LogP contribution in [0.15, 0.2) is 23.7 Å². The molecule has 9 nitrogen and oxygen atoms in total. The first-order valence-corrected chi connectivity index (χ1v) is 13.6. The number of alkyl halides is 1. The smallest absolute Gasteiger partial charge is 0.224 e. The fourth-order valence-electron chi connectivity index (χ4n) is 5.15. The zero-order valence-electron chi connectivity index (χ0n) is 23.2. The van der Waals surface area contributed by atoms with Gasteiger partial charge in [-0.3, -0.25) is 4.98 Å². The van der Waals surface area contributed by atoms with Gasteiger partial charge in [0.15, 0.2) is 5.79 Å². The molecule has 208 valence electrons. The number of hydrogen-bond acceptors (Lipinski definition) is 10. The first-order valence-electron chi connectivity index (χ1n) is 12.8. The van der Waals surface area contributed by atoms with Crippen LogP contribution in [0, 0.1) is 19.8 Å². The molecule has 3 heterocycles. The molecular weight excluding hydrogens is 507 g/mol. The zero-order chi connectivity index (χ0) is 27.8. The third kappa shape index (κ3) is 6.06. The van der Waals surface area contributed by atoms with Gasteiger partial charge in [-0.05, 0) is 54.0 Å². The normalized spacial score (nSPS) is 24.3. The van der Waals surface area contributed by atoms with E-state index in [1.165, 1.54) is 11.8 Å². The topological polar surface area (TPSA) is 116 Å². The van der Waals surface area contributed by atoms with E-state index < -0.39 is 11.5 Å². The van der Waals surface area contributed by atoms with E-state index in [0.29, 0.717) is 37.0 Å². The molecule has 1 saturated carbocycles. The van der Waals surface area contributed by atoms with Crippen LogP contribution in [0.1, 0.15) is 51.1 Å². The van der Waals surface area contributed by atoms with Gasteiger partial charge >= 0.3 is 0 Å². The Kier molecular flexibility index (Phi) is 8.23. The molecule has 4 rings (SSSR count). The second kappa shape index (κ2) is 11.0. The number of nitrogen functional groups attached to an aromatic ring is 1. The molecule has 1 aliphatic heterocycles.